The molecule has 0 N–H and O–H groups in total. The van der Waals surface area contributed by atoms with Crippen molar-refractivity contribution in [2.45, 2.75) is 6.29 Å². The fourth-order valence-electron chi connectivity index (χ4n) is 3.53. The number of fused-ring (bicyclic) bond motifs is 1. The Hall–Kier alpha value is -5.40. The molecule has 43 heavy (non-hydrogen) atoms. The van der Waals surface area contributed by atoms with Gasteiger partial charge in [-0.2, -0.15) is 0 Å². The normalized spacial score (nSPS) is 12.6. The average Bonchev–Trinajstić information content (AvgIpc) is 3.30. The molecule has 1 aliphatic rings. The van der Waals surface area contributed by atoms with E-state index in [-0.39, 0.29) is 37.9 Å². The first-order valence-electron chi connectivity index (χ1n) is 12.3. The van der Waals surface area contributed by atoms with Gasteiger partial charge in [0.05, 0.1) is 23.7 Å². The minimum absolute atomic E-state index is 0.0719. The van der Waals surface area contributed by atoms with E-state index in [2.05, 4.69) is 22.6 Å². The molecular weight excluding hydrogens is 584 g/mol. The molecule has 3 aromatic rings. The Morgan fingerprint density at radius 3 is 1.49 bits per heavy atom. The number of rotatable bonds is 14. The van der Waals surface area contributed by atoms with E-state index >= 15 is 0 Å². The largest absolute Gasteiger partial charge is 0.586 e. The van der Waals surface area contributed by atoms with E-state index in [1.54, 1.807) is 0 Å². The van der Waals surface area contributed by atoms with E-state index in [9.17, 15) is 27.2 Å². The second-order valence-corrected chi connectivity index (χ2v) is 8.22. The maximum absolute atomic E-state index is 14.6. The summed E-state index contributed by atoms with van der Waals surface area (Å²) in [5.74, 6) is -7.29. The Morgan fingerprint density at radius 2 is 1.12 bits per heavy atom. The third-order valence-corrected chi connectivity index (χ3v) is 5.38. The molecule has 1 heterocycles. The Morgan fingerprint density at radius 1 is 0.698 bits per heavy atom. The van der Waals surface area contributed by atoms with Gasteiger partial charge in [0.1, 0.15) is 49.6 Å². The van der Waals surface area contributed by atoms with Crippen molar-refractivity contribution in [2.75, 3.05) is 26.4 Å². The van der Waals surface area contributed by atoms with Crippen molar-refractivity contribution in [1.82, 2.24) is 0 Å². The average molecular weight is 606 g/mol. The molecule has 0 saturated carbocycles. The van der Waals surface area contributed by atoms with Crippen molar-refractivity contribution in [3.63, 3.8) is 0 Å². The maximum atomic E-state index is 14.6. The van der Waals surface area contributed by atoms with E-state index in [1.807, 2.05) is 0 Å². The quantitative estimate of drug-likeness (QED) is 0.0735. The van der Waals surface area contributed by atoms with Gasteiger partial charge in [-0.25, -0.2) is 18.4 Å². The van der Waals surface area contributed by atoms with Crippen molar-refractivity contribution in [2.24, 2.45) is 0 Å². The summed E-state index contributed by atoms with van der Waals surface area (Å²) in [7, 11) is 0. The number of esters is 2. The fraction of sp³-hybridized carbons (Fsp3) is 0.172. The third kappa shape index (κ3) is 7.67. The first-order valence-corrected chi connectivity index (χ1v) is 12.3. The molecule has 10 nitrogen and oxygen atoms in total. The summed E-state index contributed by atoms with van der Waals surface area (Å²) in [4.78, 5) is 25.3. The Labute approximate surface area is 241 Å². The van der Waals surface area contributed by atoms with Crippen LogP contribution >= 0.6 is 0 Å². The summed E-state index contributed by atoms with van der Waals surface area (Å²) in [5, 5.41) is 0. The van der Waals surface area contributed by atoms with Crippen molar-refractivity contribution >= 4 is 11.9 Å². The van der Waals surface area contributed by atoms with Crippen LogP contribution in [-0.4, -0.2) is 44.7 Å². The number of benzene rings is 3. The number of halogens is 4. The molecule has 0 radical (unpaired) electrons. The lowest BCUT2D eigenvalue weighted by Gasteiger charge is -2.12. The van der Waals surface area contributed by atoms with Gasteiger partial charge in [0.15, 0.2) is 11.5 Å². The molecule has 226 valence electrons. The number of ether oxygens (including phenoxy) is 8. The minimum atomic E-state index is -4.24. The van der Waals surface area contributed by atoms with Gasteiger partial charge < -0.3 is 37.9 Å². The number of carbonyl (C=O) groups excluding carboxylic acids is 2. The summed E-state index contributed by atoms with van der Waals surface area (Å²) < 4.78 is 96.6. The molecule has 0 aliphatic carbocycles. The Kier molecular flexibility index (Phi) is 9.60. The molecule has 3 aromatic carbocycles. The van der Waals surface area contributed by atoms with Crippen LogP contribution in [0.5, 0.6) is 34.5 Å². The number of hydrogen-bond acceptors (Lipinski definition) is 10. The van der Waals surface area contributed by atoms with Gasteiger partial charge in [0.2, 0.25) is 11.5 Å². The standard InChI is InChI=1S/C29H22F4O10/c1-3-36-11-13-38-17-5-7-19(21(30)15-17)27(34)40-23-9-10-24(26-25(23)42-29(32,33)43-26)41-28(35)20-8-6-18(16-22(20)31)39-14-12-37-4-2/h3-10,15-16H,1-2,11-14H2. The molecule has 0 fully saturated rings. The van der Waals surface area contributed by atoms with Crippen LogP contribution in [0.4, 0.5) is 17.6 Å². The van der Waals surface area contributed by atoms with E-state index < -0.39 is 64.0 Å². The van der Waals surface area contributed by atoms with Gasteiger partial charge in [-0.3, -0.25) is 0 Å². The zero-order valence-corrected chi connectivity index (χ0v) is 22.1. The van der Waals surface area contributed by atoms with Gasteiger partial charge in [0, 0.05) is 12.1 Å². The summed E-state index contributed by atoms with van der Waals surface area (Å²) >= 11 is 0. The van der Waals surface area contributed by atoms with Crippen LogP contribution in [0.25, 0.3) is 0 Å². The highest BCUT2D eigenvalue weighted by molar-refractivity contribution is 5.93. The Bertz CT molecular complexity index is 1410. The van der Waals surface area contributed by atoms with Crippen molar-refractivity contribution in [3.05, 3.63) is 97.0 Å². The first-order chi connectivity index (χ1) is 20.6. The van der Waals surface area contributed by atoms with E-state index in [1.165, 1.54) is 24.7 Å². The zero-order chi connectivity index (χ0) is 31.0. The summed E-state index contributed by atoms with van der Waals surface area (Å²) in [6.07, 6.45) is -1.83. The van der Waals surface area contributed by atoms with Gasteiger partial charge in [-0.1, -0.05) is 13.2 Å². The van der Waals surface area contributed by atoms with Crippen LogP contribution < -0.4 is 28.4 Å². The smallest absolute Gasteiger partial charge is 0.498 e. The van der Waals surface area contributed by atoms with Gasteiger partial charge in [0.25, 0.3) is 0 Å². The van der Waals surface area contributed by atoms with Crippen LogP contribution in [-0.2, 0) is 9.47 Å². The molecular formula is C29H22F4O10. The summed E-state index contributed by atoms with van der Waals surface area (Å²) in [6, 6.07) is 8.40. The maximum Gasteiger partial charge on any atom is 0.586 e. The summed E-state index contributed by atoms with van der Waals surface area (Å²) in [6.45, 7) is 7.19. The van der Waals surface area contributed by atoms with Crippen LogP contribution in [0.1, 0.15) is 20.7 Å². The van der Waals surface area contributed by atoms with Crippen molar-refractivity contribution < 1.29 is 65.0 Å². The lowest BCUT2D eigenvalue weighted by molar-refractivity contribution is -0.287. The second-order valence-electron chi connectivity index (χ2n) is 8.22. The first kappa shape index (κ1) is 30.6. The molecule has 4 rings (SSSR count). The highest BCUT2D eigenvalue weighted by Crippen LogP contribution is 2.52. The van der Waals surface area contributed by atoms with Gasteiger partial charge in [-0.15, -0.1) is 8.78 Å². The molecule has 0 bridgehead atoms. The lowest BCUT2D eigenvalue weighted by atomic mass is 10.2. The number of alkyl halides is 2. The number of carbonyl (C=O) groups is 2. The zero-order valence-electron chi connectivity index (χ0n) is 22.1. The third-order valence-electron chi connectivity index (χ3n) is 5.38. The Balaban J connectivity index is 1.49. The molecule has 0 spiro atoms. The molecule has 1 aliphatic heterocycles. The lowest BCUT2D eigenvalue weighted by Crippen LogP contribution is -2.26. The van der Waals surface area contributed by atoms with Crippen molar-refractivity contribution in [1.29, 1.82) is 0 Å². The molecule has 0 aromatic heterocycles. The molecule has 0 unspecified atom stereocenters. The van der Waals surface area contributed by atoms with Crippen LogP contribution in [0.2, 0.25) is 0 Å². The fourth-order valence-corrected chi connectivity index (χ4v) is 3.53. The molecule has 0 amide bonds. The molecule has 0 saturated heterocycles. The minimum Gasteiger partial charge on any atom is -0.498 e. The SMILES string of the molecule is C=COCCOc1ccc(C(=O)Oc2ccc(OC(=O)c3ccc(OCCOC=C)cc3F)c3c2OC(F)(F)O3)c(F)c1. The van der Waals surface area contributed by atoms with E-state index in [0.717, 1.165) is 36.4 Å². The van der Waals surface area contributed by atoms with Gasteiger partial charge >= 0.3 is 18.2 Å². The van der Waals surface area contributed by atoms with Crippen molar-refractivity contribution in [3.8, 4) is 34.5 Å². The molecule has 0 atom stereocenters. The monoisotopic (exact) mass is 606 g/mol. The predicted octanol–water partition coefficient (Wildman–Crippen LogP) is 5.80. The predicted molar refractivity (Wildman–Crippen MR) is 139 cm³/mol. The topological polar surface area (TPSA) is 108 Å². The molecule has 14 heteroatoms. The van der Waals surface area contributed by atoms with Crippen LogP contribution in [0, 0.1) is 11.6 Å². The van der Waals surface area contributed by atoms with Crippen LogP contribution in [0.15, 0.2) is 74.2 Å². The van der Waals surface area contributed by atoms with E-state index in [0.29, 0.717) is 0 Å². The summed E-state index contributed by atoms with van der Waals surface area (Å²) in [5.41, 5.74) is -1.11. The highest BCUT2D eigenvalue weighted by atomic mass is 19.3. The highest BCUT2D eigenvalue weighted by Gasteiger charge is 2.47. The second kappa shape index (κ2) is 13.5. The van der Waals surface area contributed by atoms with E-state index in [4.69, 9.17) is 28.4 Å². The van der Waals surface area contributed by atoms with Gasteiger partial charge in [-0.05, 0) is 36.4 Å². The number of hydrogen-bond donors (Lipinski definition) is 0. The van der Waals surface area contributed by atoms with Crippen LogP contribution in [0.3, 0.4) is 0 Å².